The Kier molecular flexibility index (Phi) is 6.89. The number of nitrogens with zero attached hydrogens (tertiary/aromatic N) is 3. The van der Waals surface area contributed by atoms with Crippen molar-refractivity contribution in [3.05, 3.63) is 186 Å². The fourth-order valence-corrected chi connectivity index (χ4v) is 5.41. The molecule has 0 atom stereocenters. The highest BCUT2D eigenvalue weighted by Crippen LogP contribution is 2.37. The van der Waals surface area contributed by atoms with Crippen molar-refractivity contribution in [2.75, 3.05) is 0 Å². The van der Waals surface area contributed by atoms with Gasteiger partial charge in [-0.3, -0.25) is 0 Å². The molecule has 0 radical (unpaired) electrons. The summed E-state index contributed by atoms with van der Waals surface area (Å²) in [6, 6.07) is 55.0. The lowest BCUT2D eigenvalue weighted by Crippen LogP contribution is -1.98. The van der Waals surface area contributed by atoms with Crippen LogP contribution in [-0.2, 0) is 0 Å². The van der Waals surface area contributed by atoms with E-state index in [-0.39, 0.29) is 0 Å². The van der Waals surface area contributed by atoms with E-state index < -0.39 is 0 Å². The van der Waals surface area contributed by atoms with Crippen molar-refractivity contribution in [3.8, 4) is 22.8 Å². The molecule has 42 heavy (non-hydrogen) atoms. The van der Waals surface area contributed by atoms with Gasteiger partial charge in [0, 0.05) is 11.1 Å². The lowest BCUT2D eigenvalue weighted by atomic mass is 9.85. The van der Waals surface area contributed by atoms with Crippen molar-refractivity contribution in [2.45, 2.75) is 0 Å². The molecule has 0 aliphatic carbocycles. The molecular formula is C39H27N3. The Balaban J connectivity index is 1.33. The predicted octanol–water partition coefficient (Wildman–Crippen LogP) is 9.37. The number of fused-ring (bicyclic) bond motifs is 1. The summed E-state index contributed by atoms with van der Waals surface area (Å²) >= 11 is 0. The number of hydrogen-bond acceptors (Lipinski definition) is 3. The number of benzene rings is 6. The van der Waals surface area contributed by atoms with Crippen LogP contribution in [0.2, 0.25) is 0 Å². The Morgan fingerprint density at radius 1 is 0.357 bits per heavy atom. The van der Waals surface area contributed by atoms with Crippen LogP contribution in [0.5, 0.6) is 0 Å². The molecule has 7 aromatic rings. The van der Waals surface area contributed by atoms with E-state index in [1.54, 1.807) is 6.33 Å². The summed E-state index contributed by atoms with van der Waals surface area (Å²) < 4.78 is 0. The summed E-state index contributed by atoms with van der Waals surface area (Å²) in [6.45, 7) is 0. The third-order valence-corrected chi connectivity index (χ3v) is 7.45. The van der Waals surface area contributed by atoms with Crippen LogP contribution in [0, 0.1) is 0 Å². The first-order chi connectivity index (χ1) is 20.8. The largest absolute Gasteiger partial charge is 0.217 e. The maximum Gasteiger partial charge on any atom is 0.163 e. The van der Waals surface area contributed by atoms with Crippen LogP contribution in [-0.4, -0.2) is 15.0 Å². The molecule has 0 saturated carbocycles. The van der Waals surface area contributed by atoms with Crippen molar-refractivity contribution in [1.82, 2.24) is 15.0 Å². The molecule has 3 heteroatoms. The molecule has 0 unspecified atom stereocenters. The summed E-state index contributed by atoms with van der Waals surface area (Å²) in [7, 11) is 0. The van der Waals surface area contributed by atoms with Gasteiger partial charge in [-0.15, -0.1) is 0 Å². The highest BCUT2D eigenvalue weighted by molar-refractivity contribution is 6.04. The van der Waals surface area contributed by atoms with Gasteiger partial charge in [0.05, 0.1) is 0 Å². The molecule has 1 aromatic heterocycles. The molecule has 0 aliphatic heterocycles. The molecule has 3 nitrogen and oxygen atoms in total. The molecule has 0 saturated heterocycles. The van der Waals surface area contributed by atoms with Gasteiger partial charge in [-0.1, -0.05) is 152 Å². The van der Waals surface area contributed by atoms with Gasteiger partial charge in [-0.25, -0.2) is 15.0 Å². The van der Waals surface area contributed by atoms with Gasteiger partial charge in [0.2, 0.25) is 0 Å². The van der Waals surface area contributed by atoms with Gasteiger partial charge < -0.3 is 0 Å². The molecular weight excluding hydrogens is 510 g/mol. The Labute approximate surface area is 245 Å². The maximum absolute atomic E-state index is 4.85. The molecule has 0 fully saturated rings. The zero-order chi connectivity index (χ0) is 28.1. The van der Waals surface area contributed by atoms with Crippen LogP contribution in [0.25, 0.3) is 44.7 Å². The Morgan fingerprint density at radius 2 is 0.786 bits per heavy atom. The summed E-state index contributed by atoms with van der Waals surface area (Å²) in [5.74, 6) is 1.31. The topological polar surface area (TPSA) is 38.7 Å². The minimum atomic E-state index is 0.649. The van der Waals surface area contributed by atoms with Crippen molar-refractivity contribution >= 4 is 21.9 Å². The molecule has 7 rings (SSSR count). The van der Waals surface area contributed by atoms with Gasteiger partial charge in [0.15, 0.2) is 11.6 Å². The summed E-state index contributed by atoms with van der Waals surface area (Å²) in [6.07, 6.45) is 1.60. The second kappa shape index (κ2) is 11.4. The highest BCUT2D eigenvalue weighted by Gasteiger charge is 2.16. The van der Waals surface area contributed by atoms with E-state index in [0.717, 1.165) is 27.6 Å². The van der Waals surface area contributed by atoms with Gasteiger partial charge in [-0.05, 0) is 50.2 Å². The van der Waals surface area contributed by atoms with Crippen molar-refractivity contribution < 1.29 is 0 Å². The number of hydrogen-bond donors (Lipinski definition) is 0. The van der Waals surface area contributed by atoms with Crippen LogP contribution in [0.4, 0.5) is 0 Å². The fourth-order valence-electron chi connectivity index (χ4n) is 5.41. The lowest BCUT2D eigenvalue weighted by molar-refractivity contribution is 1.07. The average Bonchev–Trinajstić information content (AvgIpc) is 3.08. The van der Waals surface area contributed by atoms with E-state index >= 15 is 0 Å². The minimum Gasteiger partial charge on any atom is -0.217 e. The predicted molar refractivity (Wildman–Crippen MR) is 173 cm³/mol. The number of rotatable bonds is 6. The maximum atomic E-state index is 4.85. The Morgan fingerprint density at radius 3 is 1.33 bits per heavy atom. The van der Waals surface area contributed by atoms with Crippen LogP contribution >= 0.6 is 0 Å². The standard InChI is InChI=1S/C39H27N3/c1-4-13-29(14-5-1)36(30-15-6-2-7-16-30)37(31-17-8-3-9-18-31)32-21-23-33(24-22-32)38-40-27-41-39(42-38)35-25-20-28-12-10-11-19-34(28)26-35/h1-27H. The summed E-state index contributed by atoms with van der Waals surface area (Å²) in [5, 5.41) is 2.35. The summed E-state index contributed by atoms with van der Waals surface area (Å²) in [5.41, 5.74) is 8.90. The van der Waals surface area contributed by atoms with E-state index in [2.05, 4.69) is 156 Å². The van der Waals surface area contributed by atoms with Crippen LogP contribution in [0.1, 0.15) is 22.3 Å². The normalized spacial score (nSPS) is 10.9. The molecule has 1 heterocycles. The van der Waals surface area contributed by atoms with E-state index in [1.165, 1.54) is 27.7 Å². The van der Waals surface area contributed by atoms with Crippen LogP contribution in [0.3, 0.4) is 0 Å². The van der Waals surface area contributed by atoms with Gasteiger partial charge in [0.1, 0.15) is 6.33 Å². The first-order valence-corrected chi connectivity index (χ1v) is 14.0. The van der Waals surface area contributed by atoms with E-state index in [9.17, 15) is 0 Å². The van der Waals surface area contributed by atoms with Crippen LogP contribution < -0.4 is 0 Å². The minimum absolute atomic E-state index is 0.649. The zero-order valence-electron chi connectivity index (χ0n) is 22.9. The SMILES string of the molecule is c1ccc(C(=C(c2ccccc2)c2ccc(-c3ncnc(-c4ccc5ccccc5c4)n3)cc2)c2ccccc2)cc1. The smallest absolute Gasteiger partial charge is 0.163 e. The Bertz CT molecular complexity index is 1960. The third kappa shape index (κ3) is 5.12. The molecule has 0 bridgehead atoms. The van der Waals surface area contributed by atoms with Gasteiger partial charge >= 0.3 is 0 Å². The van der Waals surface area contributed by atoms with E-state index in [4.69, 9.17) is 4.98 Å². The summed E-state index contributed by atoms with van der Waals surface area (Å²) in [4.78, 5) is 13.9. The molecule has 6 aromatic carbocycles. The lowest BCUT2D eigenvalue weighted by Gasteiger charge is -2.18. The second-order valence-electron chi connectivity index (χ2n) is 10.1. The Hall–Kier alpha value is -5.67. The number of aromatic nitrogens is 3. The highest BCUT2D eigenvalue weighted by atomic mass is 15.0. The monoisotopic (exact) mass is 537 g/mol. The van der Waals surface area contributed by atoms with Crippen LogP contribution in [0.15, 0.2) is 164 Å². The first kappa shape index (κ1) is 25.3. The molecule has 0 N–H and O–H groups in total. The van der Waals surface area contributed by atoms with Crippen molar-refractivity contribution in [2.24, 2.45) is 0 Å². The van der Waals surface area contributed by atoms with Gasteiger partial charge in [0.25, 0.3) is 0 Å². The molecule has 0 amide bonds. The van der Waals surface area contributed by atoms with Gasteiger partial charge in [-0.2, -0.15) is 0 Å². The quantitative estimate of drug-likeness (QED) is 0.198. The van der Waals surface area contributed by atoms with Crippen molar-refractivity contribution in [1.29, 1.82) is 0 Å². The fraction of sp³-hybridized carbons (Fsp3) is 0. The average molecular weight is 538 g/mol. The third-order valence-electron chi connectivity index (χ3n) is 7.45. The van der Waals surface area contributed by atoms with E-state index in [1.807, 2.05) is 12.1 Å². The molecule has 0 aliphatic rings. The van der Waals surface area contributed by atoms with E-state index in [0.29, 0.717) is 11.6 Å². The molecule has 198 valence electrons. The van der Waals surface area contributed by atoms with Crippen molar-refractivity contribution in [3.63, 3.8) is 0 Å². The second-order valence-corrected chi connectivity index (χ2v) is 10.1. The first-order valence-electron chi connectivity index (χ1n) is 14.0. The zero-order valence-corrected chi connectivity index (χ0v) is 22.9. The molecule has 0 spiro atoms.